The number of aromatic nitrogens is 1. The van der Waals surface area contributed by atoms with Crippen molar-refractivity contribution in [3.63, 3.8) is 0 Å². The molecule has 1 aliphatic heterocycles. The predicted octanol–water partition coefficient (Wildman–Crippen LogP) is 0.837. The van der Waals surface area contributed by atoms with E-state index in [1.165, 1.54) is 0 Å². The Morgan fingerprint density at radius 3 is 3.25 bits per heavy atom. The van der Waals surface area contributed by atoms with Gasteiger partial charge in [0.05, 0.1) is 17.2 Å². The Labute approximate surface area is 75.0 Å². The van der Waals surface area contributed by atoms with Gasteiger partial charge in [0.15, 0.2) is 0 Å². The molecule has 0 amide bonds. The SMILES string of the molecule is OC1(Cc2nccs2)CCOC1. The number of rotatable bonds is 2. The summed E-state index contributed by atoms with van der Waals surface area (Å²) in [6.45, 7) is 1.12. The summed E-state index contributed by atoms with van der Waals surface area (Å²) in [6.07, 6.45) is 3.12. The summed E-state index contributed by atoms with van der Waals surface area (Å²) in [5.41, 5.74) is -0.655. The maximum Gasteiger partial charge on any atom is 0.0965 e. The Balaban J connectivity index is 2.02. The van der Waals surface area contributed by atoms with Crippen molar-refractivity contribution < 1.29 is 9.84 Å². The molecule has 2 heterocycles. The molecule has 12 heavy (non-hydrogen) atoms. The molecule has 1 saturated heterocycles. The van der Waals surface area contributed by atoms with Crippen LogP contribution in [0.1, 0.15) is 11.4 Å². The van der Waals surface area contributed by atoms with Crippen LogP contribution >= 0.6 is 11.3 Å². The van der Waals surface area contributed by atoms with Crippen LogP contribution in [-0.2, 0) is 11.2 Å². The fourth-order valence-corrected chi connectivity index (χ4v) is 2.11. The third-order valence-electron chi connectivity index (χ3n) is 2.05. The summed E-state index contributed by atoms with van der Waals surface area (Å²) in [7, 11) is 0. The highest BCUT2D eigenvalue weighted by molar-refractivity contribution is 7.09. The highest BCUT2D eigenvalue weighted by atomic mass is 32.1. The molecule has 1 aliphatic rings. The Morgan fingerprint density at radius 2 is 2.67 bits per heavy atom. The molecule has 1 N–H and O–H groups in total. The van der Waals surface area contributed by atoms with E-state index in [0.29, 0.717) is 19.6 Å². The Bertz CT molecular complexity index is 242. The lowest BCUT2D eigenvalue weighted by atomic mass is 10.00. The average molecular weight is 185 g/mol. The normalized spacial score (nSPS) is 29.4. The lowest BCUT2D eigenvalue weighted by Gasteiger charge is -2.17. The number of hydrogen-bond acceptors (Lipinski definition) is 4. The third-order valence-corrected chi connectivity index (χ3v) is 2.83. The highest BCUT2D eigenvalue weighted by Crippen LogP contribution is 2.23. The van der Waals surface area contributed by atoms with Gasteiger partial charge in [-0.25, -0.2) is 4.98 Å². The van der Waals surface area contributed by atoms with Crippen LogP contribution in [0.5, 0.6) is 0 Å². The van der Waals surface area contributed by atoms with Gasteiger partial charge >= 0.3 is 0 Å². The molecule has 0 bridgehead atoms. The highest BCUT2D eigenvalue weighted by Gasteiger charge is 2.32. The number of ether oxygens (including phenoxy) is 1. The minimum atomic E-state index is -0.655. The summed E-state index contributed by atoms with van der Waals surface area (Å²) < 4.78 is 5.14. The smallest absolute Gasteiger partial charge is 0.0965 e. The van der Waals surface area contributed by atoms with Crippen molar-refractivity contribution in [1.29, 1.82) is 0 Å². The van der Waals surface area contributed by atoms with E-state index in [1.807, 2.05) is 5.38 Å². The maximum atomic E-state index is 9.90. The molecule has 66 valence electrons. The van der Waals surface area contributed by atoms with Crippen molar-refractivity contribution in [2.24, 2.45) is 0 Å². The van der Waals surface area contributed by atoms with Crippen LogP contribution in [-0.4, -0.2) is 28.9 Å². The first-order chi connectivity index (χ1) is 5.79. The minimum Gasteiger partial charge on any atom is -0.387 e. The molecular formula is C8H11NO2S. The van der Waals surface area contributed by atoms with Gasteiger partial charge in [-0.2, -0.15) is 0 Å². The van der Waals surface area contributed by atoms with E-state index in [-0.39, 0.29) is 0 Å². The molecule has 0 spiro atoms. The molecule has 0 aliphatic carbocycles. The quantitative estimate of drug-likeness (QED) is 0.742. The second-order valence-electron chi connectivity index (χ2n) is 3.13. The topological polar surface area (TPSA) is 42.4 Å². The first-order valence-corrected chi connectivity index (χ1v) is 4.85. The van der Waals surface area contributed by atoms with Crippen molar-refractivity contribution in [2.45, 2.75) is 18.4 Å². The van der Waals surface area contributed by atoms with Crippen LogP contribution < -0.4 is 0 Å². The molecule has 1 atom stereocenters. The summed E-state index contributed by atoms with van der Waals surface area (Å²) >= 11 is 1.58. The van der Waals surface area contributed by atoms with E-state index in [9.17, 15) is 5.11 Å². The zero-order valence-electron chi connectivity index (χ0n) is 6.69. The van der Waals surface area contributed by atoms with Crippen LogP contribution in [0.2, 0.25) is 0 Å². The van der Waals surface area contributed by atoms with E-state index in [1.54, 1.807) is 17.5 Å². The fourth-order valence-electron chi connectivity index (χ4n) is 1.36. The molecular weight excluding hydrogens is 174 g/mol. The number of hydrogen-bond donors (Lipinski definition) is 1. The van der Waals surface area contributed by atoms with Gasteiger partial charge in [-0.05, 0) is 0 Å². The molecule has 2 rings (SSSR count). The molecule has 1 fully saturated rings. The van der Waals surface area contributed by atoms with Crippen LogP contribution in [0.15, 0.2) is 11.6 Å². The van der Waals surface area contributed by atoms with Crippen molar-refractivity contribution in [3.8, 4) is 0 Å². The molecule has 0 saturated carbocycles. The van der Waals surface area contributed by atoms with Gasteiger partial charge in [0.1, 0.15) is 0 Å². The molecule has 0 aromatic carbocycles. The monoisotopic (exact) mass is 185 g/mol. The van der Waals surface area contributed by atoms with Crippen molar-refractivity contribution in [1.82, 2.24) is 4.98 Å². The average Bonchev–Trinajstić information content (AvgIpc) is 2.62. The third kappa shape index (κ3) is 1.65. The van der Waals surface area contributed by atoms with Gasteiger partial charge in [0.2, 0.25) is 0 Å². The first kappa shape index (κ1) is 8.16. The Morgan fingerprint density at radius 1 is 1.75 bits per heavy atom. The lowest BCUT2D eigenvalue weighted by Crippen LogP contribution is -2.31. The number of nitrogens with zero attached hydrogens (tertiary/aromatic N) is 1. The molecule has 4 heteroatoms. The van der Waals surface area contributed by atoms with Crippen molar-refractivity contribution >= 4 is 11.3 Å². The van der Waals surface area contributed by atoms with E-state index >= 15 is 0 Å². The zero-order chi connectivity index (χ0) is 8.44. The number of aliphatic hydroxyl groups is 1. The van der Waals surface area contributed by atoms with Gasteiger partial charge in [0.25, 0.3) is 0 Å². The van der Waals surface area contributed by atoms with Crippen LogP contribution in [0.25, 0.3) is 0 Å². The zero-order valence-corrected chi connectivity index (χ0v) is 7.51. The fraction of sp³-hybridized carbons (Fsp3) is 0.625. The largest absolute Gasteiger partial charge is 0.387 e. The van der Waals surface area contributed by atoms with E-state index in [4.69, 9.17) is 4.74 Å². The Kier molecular flexibility index (Phi) is 2.12. The van der Waals surface area contributed by atoms with Gasteiger partial charge in [-0.15, -0.1) is 11.3 Å². The number of thiazole rings is 1. The second kappa shape index (κ2) is 3.12. The van der Waals surface area contributed by atoms with Gasteiger partial charge in [-0.3, -0.25) is 0 Å². The maximum absolute atomic E-state index is 9.90. The van der Waals surface area contributed by atoms with E-state index in [2.05, 4.69) is 4.98 Å². The second-order valence-corrected chi connectivity index (χ2v) is 4.11. The van der Waals surface area contributed by atoms with Gasteiger partial charge < -0.3 is 9.84 Å². The summed E-state index contributed by atoms with van der Waals surface area (Å²) in [5.74, 6) is 0. The van der Waals surface area contributed by atoms with E-state index < -0.39 is 5.60 Å². The predicted molar refractivity (Wildman–Crippen MR) is 46.2 cm³/mol. The van der Waals surface area contributed by atoms with Crippen molar-refractivity contribution in [3.05, 3.63) is 16.6 Å². The molecule has 3 nitrogen and oxygen atoms in total. The van der Waals surface area contributed by atoms with Crippen molar-refractivity contribution in [2.75, 3.05) is 13.2 Å². The van der Waals surface area contributed by atoms with Gasteiger partial charge in [-0.1, -0.05) is 0 Å². The standard InChI is InChI=1S/C8H11NO2S/c10-8(1-3-11-6-8)5-7-9-2-4-12-7/h2,4,10H,1,3,5-6H2. The first-order valence-electron chi connectivity index (χ1n) is 3.97. The van der Waals surface area contributed by atoms with Crippen LogP contribution in [0, 0.1) is 0 Å². The molecule has 0 radical (unpaired) electrons. The Hall–Kier alpha value is -0.450. The summed E-state index contributed by atoms with van der Waals surface area (Å²) in [4.78, 5) is 4.13. The van der Waals surface area contributed by atoms with Crippen LogP contribution in [0.3, 0.4) is 0 Å². The molecule has 1 unspecified atom stereocenters. The molecule has 1 aromatic heterocycles. The van der Waals surface area contributed by atoms with Gasteiger partial charge in [0, 0.05) is 31.0 Å². The summed E-state index contributed by atoms with van der Waals surface area (Å²) in [5, 5.41) is 12.8. The molecule has 1 aromatic rings. The van der Waals surface area contributed by atoms with Crippen LogP contribution in [0.4, 0.5) is 0 Å². The van der Waals surface area contributed by atoms with E-state index in [0.717, 1.165) is 11.4 Å². The minimum absolute atomic E-state index is 0.451. The summed E-state index contributed by atoms with van der Waals surface area (Å²) in [6, 6.07) is 0. The lowest BCUT2D eigenvalue weighted by molar-refractivity contribution is 0.0270.